The summed E-state index contributed by atoms with van der Waals surface area (Å²) in [7, 11) is 0. The second-order valence-electron chi connectivity index (χ2n) is 2.92. The van der Waals surface area contributed by atoms with E-state index in [1.807, 2.05) is 6.92 Å². The monoisotopic (exact) mass is 180 g/mol. The van der Waals surface area contributed by atoms with Crippen LogP contribution in [0.5, 0.6) is 0 Å². The fourth-order valence-corrected chi connectivity index (χ4v) is 1.71. The van der Waals surface area contributed by atoms with E-state index >= 15 is 0 Å². The van der Waals surface area contributed by atoms with E-state index in [2.05, 4.69) is 0 Å². The predicted molar refractivity (Wildman–Crippen MR) is 45.8 cm³/mol. The van der Waals surface area contributed by atoms with Gasteiger partial charge in [0.1, 0.15) is 0 Å². The van der Waals surface area contributed by atoms with E-state index in [-0.39, 0.29) is 6.61 Å². The summed E-state index contributed by atoms with van der Waals surface area (Å²) in [5, 5.41) is 8.63. The van der Waals surface area contributed by atoms with Crippen LogP contribution in [0.2, 0.25) is 0 Å². The molecule has 0 fully saturated rings. The third-order valence-electron chi connectivity index (χ3n) is 1.84. The van der Waals surface area contributed by atoms with Gasteiger partial charge in [0.25, 0.3) is 0 Å². The van der Waals surface area contributed by atoms with E-state index in [0.29, 0.717) is 12.8 Å². The Morgan fingerprint density at radius 2 is 2.00 bits per heavy atom. The molecule has 0 aliphatic heterocycles. The van der Waals surface area contributed by atoms with Crippen molar-refractivity contribution in [3.8, 4) is 0 Å². The van der Waals surface area contributed by atoms with Gasteiger partial charge in [-0.15, -0.1) is 0 Å². The highest BCUT2D eigenvalue weighted by atomic mass is 32.2. The molecule has 0 saturated carbocycles. The Hall–Kier alpha value is 0.0700. The predicted octanol–water partition coefficient (Wildman–Crippen LogP) is 1.15. The lowest BCUT2D eigenvalue weighted by Gasteiger charge is -2.23. The third-order valence-corrected chi connectivity index (χ3v) is 3.09. The fraction of sp³-hybridized carbons (Fsp3) is 1.00. The summed E-state index contributed by atoms with van der Waals surface area (Å²) in [5.74, 6) is 0. The van der Waals surface area contributed by atoms with Crippen molar-refractivity contribution in [2.24, 2.45) is 0 Å². The molecule has 0 heterocycles. The average Bonchev–Trinajstić information content (AvgIpc) is 1.88. The van der Waals surface area contributed by atoms with Crippen molar-refractivity contribution in [3.05, 3.63) is 0 Å². The molecule has 0 aliphatic rings. The zero-order chi connectivity index (χ0) is 8.91. The van der Waals surface area contributed by atoms with Crippen LogP contribution in [0, 0.1) is 0 Å². The van der Waals surface area contributed by atoms with Gasteiger partial charge in [0.05, 0.1) is 4.75 Å². The van der Waals surface area contributed by atoms with Crippen LogP contribution in [0.15, 0.2) is 0 Å². The lowest BCUT2D eigenvalue weighted by atomic mass is 10.0. The Kier molecular flexibility index (Phi) is 4.88. The van der Waals surface area contributed by atoms with Crippen molar-refractivity contribution >= 4 is 11.1 Å². The normalized spacial score (nSPS) is 19.3. The molecule has 11 heavy (non-hydrogen) atoms. The van der Waals surface area contributed by atoms with Gasteiger partial charge in [-0.3, -0.25) is 0 Å². The van der Waals surface area contributed by atoms with Gasteiger partial charge in [-0.1, -0.05) is 13.3 Å². The number of aliphatic hydroxyl groups is 1. The van der Waals surface area contributed by atoms with Crippen molar-refractivity contribution in [1.29, 1.82) is 0 Å². The van der Waals surface area contributed by atoms with Gasteiger partial charge < -0.3 is 9.66 Å². The maximum Gasteiger partial charge on any atom is 0.158 e. The van der Waals surface area contributed by atoms with Gasteiger partial charge in [0, 0.05) is 6.61 Å². The smallest absolute Gasteiger partial charge is 0.158 e. The Morgan fingerprint density at radius 3 is 2.27 bits per heavy atom. The largest absolute Gasteiger partial charge is 0.396 e. The minimum atomic E-state index is -1.83. The maximum absolute atomic E-state index is 10.8. The lowest BCUT2D eigenvalue weighted by Crippen LogP contribution is -2.31. The zero-order valence-corrected chi connectivity index (χ0v) is 7.86. The summed E-state index contributed by atoms with van der Waals surface area (Å²) in [6.07, 6.45) is 1.93. The summed E-state index contributed by atoms with van der Waals surface area (Å²) in [4.78, 5) is 0. The highest BCUT2D eigenvalue weighted by Gasteiger charge is 2.29. The van der Waals surface area contributed by atoms with Crippen LogP contribution >= 0.6 is 0 Å². The van der Waals surface area contributed by atoms with Crippen LogP contribution in [-0.2, 0) is 11.1 Å². The van der Waals surface area contributed by atoms with Gasteiger partial charge in [0.2, 0.25) is 0 Å². The summed E-state index contributed by atoms with van der Waals surface area (Å²) in [6.45, 7) is 3.66. The summed E-state index contributed by atoms with van der Waals surface area (Å²) < 4.78 is 19.1. The highest BCUT2D eigenvalue weighted by Crippen LogP contribution is 2.22. The molecule has 0 saturated heterocycles. The number of rotatable bonds is 5. The van der Waals surface area contributed by atoms with Crippen LogP contribution in [0.3, 0.4) is 0 Å². The lowest BCUT2D eigenvalue weighted by molar-refractivity contribution is 0.263. The third kappa shape index (κ3) is 3.31. The van der Waals surface area contributed by atoms with E-state index < -0.39 is 15.8 Å². The Morgan fingerprint density at radius 1 is 1.45 bits per heavy atom. The molecule has 0 bridgehead atoms. The quantitative estimate of drug-likeness (QED) is 0.624. The minimum Gasteiger partial charge on any atom is -0.396 e. The molecule has 0 aromatic rings. The maximum atomic E-state index is 10.8. The second kappa shape index (κ2) is 4.85. The van der Waals surface area contributed by atoms with Crippen molar-refractivity contribution < 1.29 is 13.9 Å². The SMILES string of the molecule is CCCC(C)(CCO)S(=O)O. The molecule has 68 valence electrons. The van der Waals surface area contributed by atoms with Gasteiger partial charge >= 0.3 is 0 Å². The molecule has 4 heteroatoms. The minimum absolute atomic E-state index is 0.0250. The zero-order valence-electron chi connectivity index (χ0n) is 7.04. The van der Waals surface area contributed by atoms with Crippen molar-refractivity contribution in [2.45, 2.75) is 37.9 Å². The molecule has 0 rings (SSSR count). The Labute approximate surface area is 70.1 Å². The molecule has 0 aromatic carbocycles. The van der Waals surface area contributed by atoms with Gasteiger partial charge in [-0.2, -0.15) is 0 Å². The molecule has 2 N–H and O–H groups in total. The molecule has 0 radical (unpaired) electrons. The summed E-state index contributed by atoms with van der Waals surface area (Å²) in [5.41, 5.74) is 0. The van der Waals surface area contributed by atoms with E-state index in [1.165, 1.54) is 0 Å². The molecule has 2 unspecified atom stereocenters. The first kappa shape index (κ1) is 11.1. The fourth-order valence-electron chi connectivity index (χ4n) is 1.06. The first-order valence-corrected chi connectivity index (χ1v) is 4.89. The van der Waals surface area contributed by atoms with Crippen LogP contribution in [-0.4, -0.2) is 25.2 Å². The molecule has 0 aromatic heterocycles. The van der Waals surface area contributed by atoms with Gasteiger partial charge in [-0.25, -0.2) is 4.21 Å². The number of aliphatic hydroxyl groups excluding tert-OH is 1. The van der Waals surface area contributed by atoms with E-state index in [4.69, 9.17) is 9.66 Å². The van der Waals surface area contributed by atoms with Crippen LogP contribution in [0.1, 0.15) is 33.1 Å². The van der Waals surface area contributed by atoms with Crippen LogP contribution in [0.4, 0.5) is 0 Å². The molecular formula is C7H16O3S. The van der Waals surface area contributed by atoms with Crippen LogP contribution in [0.25, 0.3) is 0 Å². The van der Waals surface area contributed by atoms with E-state index in [0.717, 1.165) is 6.42 Å². The van der Waals surface area contributed by atoms with Crippen molar-refractivity contribution in [3.63, 3.8) is 0 Å². The molecule has 0 spiro atoms. The van der Waals surface area contributed by atoms with Crippen LogP contribution < -0.4 is 0 Å². The van der Waals surface area contributed by atoms with Crippen molar-refractivity contribution in [2.75, 3.05) is 6.61 Å². The molecule has 0 aliphatic carbocycles. The molecular weight excluding hydrogens is 164 g/mol. The van der Waals surface area contributed by atoms with Gasteiger partial charge in [-0.05, 0) is 19.8 Å². The number of hydrogen-bond acceptors (Lipinski definition) is 2. The summed E-state index contributed by atoms with van der Waals surface area (Å²) in [6, 6.07) is 0. The Bertz CT molecular complexity index is 130. The van der Waals surface area contributed by atoms with Gasteiger partial charge in [0.15, 0.2) is 11.1 Å². The standard InChI is InChI=1S/C7H16O3S/c1-3-4-7(2,5-6-8)11(9)10/h8H,3-6H2,1-2H3,(H,9,10). The first-order valence-electron chi connectivity index (χ1n) is 3.78. The topological polar surface area (TPSA) is 57.5 Å². The molecule has 3 nitrogen and oxygen atoms in total. The second-order valence-corrected chi connectivity index (χ2v) is 4.41. The summed E-state index contributed by atoms with van der Waals surface area (Å²) >= 11 is -1.83. The van der Waals surface area contributed by atoms with E-state index in [9.17, 15) is 4.21 Å². The van der Waals surface area contributed by atoms with E-state index in [1.54, 1.807) is 6.92 Å². The highest BCUT2D eigenvalue weighted by molar-refractivity contribution is 7.80. The molecule has 2 atom stereocenters. The number of hydrogen-bond donors (Lipinski definition) is 2. The molecule has 0 amide bonds. The first-order chi connectivity index (χ1) is 5.06. The Balaban J connectivity index is 4.13. The van der Waals surface area contributed by atoms with Crippen molar-refractivity contribution in [1.82, 2.24) is 0 Å². The average molecular weight is 180 g/mol.